The molecule has 0 saturated heterocycles. The molecular formula is C18H22ClN3O3S. The first kappa shape index (κ1) is 20.4. The van der Waals surface area contributed by atoms with Gasteiger partial charge in [0.05, 0.1) is 4.92 Å². The number of nitro benzene ring substituents is 1. The van der Waals surface area contributed by atoms with E-state index in [1.807, 2.05) is 0 Å². The number of nitro groups is 1. The van der Waals surface area contributed by atoms with E-state index in [0.717, 1.165) is 13.1 Å². The third-order valence-electron chi connectivity index (χ3n) is 4.72. The highest BCUT2D eigenvalue weighted by atomic mass is 35.5. The number of hydrogen-bond donors (Lipinski definition) is 1. The van der Waals surface area contributed by atoms with Crippen molar-refractivity contribution < 1.29 is 9.72 Å². The van der Waals surface area contributed by atoms with Crippen LogP contribution < -0.4 is 5.32 Å². The van der Waals surface area contributed by atoms with Gasteiger partial charge in [0, 0.05) is 48.2 Å². The normalized spacial score (nSPS) is 19.3. The molecule has 1 aromatic carbocycles. The van der Waals surface area contributed by atoms with Gasteiger partial charge in [-0.2, -0.15) is 0 Å². The number of nitrogens with zero attached hydrogens (tertiary/aromatic N) is 2. The molecule has 1 aromatic heterocycles. The molecule has 2 heterocycles. The van der Waals surface area contributed by atoms with Crippen LogP contribution in [0.5, 0.6) is 0 Å². The Morgan fingerprint density at radius 2 is 2.00 bits per heavy atom. The summed E-state index contributed by atoms with van der Waals surface area (Å²) in [6, 6.07) is 8.24. The van der Waals surface area contributed by atoms with E-state index in [1.165, 1.54) is 34.7 Å². The Kier molecular flexibility index (Phi) is 6.75. The zero-order valence-electron chi connectivity index (χ0n) is 14.7. The van der Waals surface area contributed by atoms with E-state index in [0.29, 0.717) is 24.1 Å². The molecule has 0 aliphatic carbocycles. The highest BCUT2D eigenvalue weighted by Crippen LogP contribution is 2.38. The summed E-state index contributed by atoms with van der Waals surface area (Å²) in [5, 5.41) is 15.7. The molecule has 1 aliphatic heterocycles. The van der Waals surface area contributed by atoms with Gasteiger partial charge >= 0.3 is 0 Å². The van der Waals surface area contributed by atoms with Crippen LogP contribution in [0, 0.1) is 10.1 Å². The lowest BCUT2D eigenvalue weighted by atomic mass is 9.93. The summed E-state index contributed by atoms with van der Waals surface area (Å²) in [7, 11) is 0. The van der Waals surface area contributed by atoms with Gasteiger partial charge in [-0.25, -0.2) is 0 Å². The molecule has 6 nitrogen and oxygen atoms in total. The third kappa shape index (κ3) is 4.23. The van der Waals surface area contributed by atoms with Gasteiger partial charge in [-0.1, -0.05) is 6.92 Å². The maximum atomic E-state index is 12.2. The second kappa shape index (κ2) is 8.62. The molecule has 1 amide bonds. The summed E-state index contributed by atoms with van der Waals surface area (Å²) < 4.78 is 0. The zero-order chi connectivity index (χ0) is 18.0. The Labute approximate surface area is 162 Å². The van der Waals surface area contributed by atoms with E-state index in [4.69, 9.17) is 0 Å². The fourth-order valence-corrected chi connectivity index (χ4v) is 4.40. The smallest absolute Gasteiger partial charge is 0.269 e. The van der Waals surface area contributed by atoms with E-state index >= 15 is 0 Å². The summed E-state index contributed by atoms with van der Waals surface area (Å²) in [6.07, 6.45) is 0. The number of fused-ring (bicyclic) bond motifs is 1. The molecular weight excluding hydrogens is 374 g/mol. The third-order valence-corrected chi connectivity index (χ3v) is 5.82. The number of nitrogens with one attached hydrogen (secondary N) is 1. The first-order chi connectivity index (χ1) is 12.0. The average molecular weight is 396 g/mol. The number of amides is 1. The Morgan fingerprint density at radius 3 is 2.65 bits per heavy atom. The van der Waals surface area contributed by atoms with Gasteiger partial charge in [-0.05, 0) is 42.0 Å². The van der Waals surface area contributed by atoms with Crippen LogP contribution >= 0.6 is 23.7 Å². The fraction of sp³-hybridized carbons (Fsp3) is 0.389. The van der Waals surface area contributed by atoms with E-state index in [-0.39, 0.29) is 24.0 Å². The number of carbonyl (C=O) groups excluding carboxylic acids is 1. The molecule has 140 valence electrons. The van der Waals surface area contributed by atoms with E-state index in [2.05, 4.69) is 35.5 Å². The van der Waals surface area contributed by atoms with Crippen LogP contribution in [0.4, 0.5) is 5.69 Å². The second-order valence-corrected chi connectivity index (χ2v) is 7.32. The Morgan fingerprint density at radius 1 is 1.31 bits per heavy atom. The van der Waals surface area contributed by atoms with Crippen LogP contribution in [0.15, 0.2) is 35.7 Å². The lowest BCUT2D eigenvalue weighted by Gasteiger charge is -2.36. The Hall–Kier alpha value is -1.96. The molecule has 26 heavy (non-hydrogen) atoms. The fourth-order valence-electron chi connectivity index (χ4n) is 3.29. The van der Waals surface area contributed by atoms with Crippen molar-refractivity contribution in [2.75, 3.05) is 19.6 Å². The maximum absolute atomic E-state index is 12.2. The van der Waals surface area contributed by atoms with E-state index < -0.39 is 4.92 Å². The summed E-state index contributed by atoms with van der Waals surface area (Å²) in [5.41, 5.74) is 1.87. The van der Waals surface area contributed by atoms with Crippen molar-refractivity contribution >= 4 is 35.3 Å². The molecule has 1 N–H and O–H groups in total. The van der Waals surface area contributed by atoms with Gasteiger partial charge in [-0.15, -0.1) is 23.7 Å². The first-order valence-electron chi connectivity index (χ1n) is 8.31. The highest BCUT2D eigenvalue weighted by molar-refractivity contribution is 7.10. The molecule has 3 rings (SSSR count). The van der Waals surface area contributed by atoms with Gasteiger partial charge in [0.1, 0.15) is 0 Å². The SMILES string of the molecule is C[C@@H]1CN(CCNC(=O)c2ccc([N+](=O)[O-])cc2)[C@@H](C)c2sccc21.Cl. The van der Waals surface area contributed by atoms with Gasteiger partial charge in [0.25, 0.3) is 11.6 Å². The Bertz CT molecular complexity index is 778. The van der Waals surface area contributed by atoms with Crippen molar-refractivity contribution in [2.45, 2.75) is 25.8 Å². The minimum absolute atomic E-state index is 0. The molecule has 0 spiro atoms. The predicted octanol–water partition coefficient (Wildman–Crippen LogP) is 3.99. The molecule has 2 atom stereocenters. The summed E-state index contributed by atoms with van der Waals surface area (Å²) in [6.45, 7) is 6.76. The summed E-state index contributed by atoms with van der Waals surface area (Å²) >= 11 is 1.80. The molecule has 8 heteroatoms. The molecule has 1 aliphatic rings. The van der Waals surface area contributed by atoms with Crippen LogP contribution in [0.2, 0.25) is 0 Å². The molecule has 0 bridgehead atoms. The number of non-ortho nitro benzene ring substituents is 1. The molecule has 0 radical (unpaired) electrons. The highest BCUT2D eigenvalue weighted by Gasteiger charge is 2.28. The number of thiophene rings is 1. The van der Waals surface area contributed by atoms with Gasteiger partial charge in [0.2, 0.25) is 0 Å². The van der Waals surface area contributed by atoms with Crippen molar-refractivity contribution in [3.8, 4) is 0 Å². The van der Waals surface area contributed by atoms with Crippen LogP contribution in [0.25, 0.3) is 0 Å². The Balaban J connectivity index is 0.00000243. The second-order valence-electron chi connectivity index (χ2n) is 6.37. The van der Waals surface area contributed by atoms with Crippen molar-refractivity contribution in [1.82, 2.24) is 10.2 Å². The lowest BCUT2D eigenvalue weighted by molar-refractivity contribution is -0.384. The van der Waals surface area contributed by atoms with Crippen LogP contribution in [-0.2, 0) is 0 Å². The number of rotatable bonds is 5. The van der Waals surface area contributed by atoms with Gasteiger partial charge < -0.3 is 5.32 Å². The van der Waals surface area contributed by atoms with E-state index in [9.17, 15) is 14.9 Å². The van der Waals surface area contributed by atoms with Crippen molar-refractivity contribution in [2.24, 2.45) is 0 Å². The average Bonchev–Trinajstić information content (AvgIpc) is 3.09. The molecule has 0 unspecified atom stereocenters. The van der Waals surface area contributed by atoms with E-state index in [1.54, 1.807) is 11.3 Å². The monoisotopic (exact) mass is 395 g/mol. The van der Waals surface area contributed by atoms with Crippen molar-refractivity contribution in [1.29, 1.82) is 0 Å². The molecule has 0 saturated carbocycles. The minimum atomic E-state index is -0.473. The maximum Gasteiger partial charge on any atom is 0.269 e. The lowest BCUT2D eigenvalue weighted by Crippen LogP contribution is -2.40. The van der Waals surface area contributed by atoms with Crippen LogP contribution in [0.1, 0.15) is 46.6 Å². The van der Waals surface area contributed by atoms with Gasteiger partial charge in [0.15, 0.2) is 0 Å². The minimum Gasteiger partial charge on any atom is -0.351 e. The van der Waals surface area contributed by atoms with Crippen LogP contribution in [0.3, 0.4) is 0 Å². The predicted molar refractivity (Wildman–Crippen MR) is 105 cm³/mol. The number of halogens is 1. The first-order valence-corrected chi connectivity index (χ1v) is 9.19. The van der Waals surface area contributed by atoms with Gasteiger partial charge in [-0.3, -0.25) is 19.8 Å². The molecule has 0 fully saturated rings. The summed E-state index contributed by atoms with van der Waals surface area (Å²) in [4.78, 5) is 26.2. The topological polar surface area (TPSA) is 75.5 Å². The van der Waals surface area contributed by atoms with Crippen molar-refractivity contribution in [3.63, 3.8) is 0 Å². The standard InChI is InChI=1S/C18H21N3O3S.ClH/c1-12-11-20(13(2)17-16(12)7-10-25-17)9-8-19-18(22)14-3-5-15(6-4-14)21(23)24;/h3-7,10,12-13H,8-9,11H2,1-2H3,(H,19,22);1H/t12-,13+;/m1./s1. The zero-order valence-corrected chi connectivity index (χ0v) is 16.3. The van der Waals surface area contributed by atoms with Crippen molar-refractivity contribution in [3.05, 3.63) is 61.8 Å². The number of hydrogen-bond acceptors (Lipinski definition) is 5. The number of benzene rings is 1. The quantitative estimate of drug-likeness (QED) is 0.613. The molecule has 2 aromatic rings. The number of carbonyl (C=O) groups is 1. The summed E-state index contributed by atoms with van der Waals surface area (Å²) in [5.74, 6) is 0.298. The van der Waals surface area contributed by atoms with Crippen LogP contribution in [-0.4, -0.2) is 35.4 Å². The largest absolute Gasteiger partial charge is 0.351 e.